The van der Waals surface area contributed by atoms with Gasteiger partial charge < -0.3 is 9.80 Å². The summed E-state index contributed by atoms with van der Waals surface area (Å²) in [5.74, 6) is 1.90. The summed E-state index contributed by atoms with van der Waals surface area (Å²) >= 11 is 0. The molecule has 3 nitrogen and oxygen atoms in total. The average Bonchev–Trinajstić information content (AvgIpc) is 3.00. The van der Waals surface area contributed by atoms with Crippen molar-refractivity contribution in [3.05, 3.63) is 0 Å². The Morgan fingerprint density at radius 1 is 0.895 bits per heavy atom. The van der Waals surface area contributed by atoms with Crippen molar-refractivity contribution in [3.8, 4) is 0 Å². The first-order valence-electron chi connectivity index (χ1n) is 8.35. The number of hydrogen-bond donors (Lipinski definition) is 0. The number of nitrogens with zero attached hydrogens (tertiary/aromatic N) is 3. The normalized spacial score (nSPS) is 36.3. The molecule has 0 spiro atoms. The standard InChI is InChI=1S/C16H31N3/c1-14-3-9-19(10-4-14)16-6-8-18(13-16)12-15-5-7-17(2)11-15/h14-16H,3-13H2,1-2H3. The van der Waals surface area contributed by atoms with Crippen LogP contribution in [0.5, 0.6) is 0 Å². The predicted molar refractivity (Wildman–Crippen MR) is 80.4 cm³/mol. The van der Waals surface area contributed by atoms with E-state index in [9.17, 15) is 0 Å². The molecule has 0 aromatic rings. The molecule has 0 N–H and O–H groups in total. The number of rotatable bonds is 3. The summed E-state index contributed by atoms with van der Waals surface area (Å²) in [4.78, 5) is 8.01. The third-order valence-corrected chi connectivity index (χ3v) is 5.59. The number of hydrogen-bond acceptors (Lipinski definition) is 3. The lowest BCUT2D eigenvalue weighted by Crippen LogP contribution is -2.42. The maximum Gasteiger partial charge on any atom is 0.0235 e. The first kappa shape index (κ1) is 13.8. The fourth-order valence-electron chi connectivity index (χ4n) is 4.21. The van der Waals surface area contributed by atoms with Crippen LogP contribution >= 0.6 is 0 Å². The zero-order valence-corrected chi connectivity index (χ0v) is 12.9. The Labute approximate surface area is 118 Å². The highest BCUT2D eigenvalue weighted by atomic mass is 15.3. The molecule has 2 unspecified atom stereocenters. The van der Waals surface area contributed by atoms with Crippen LogP contribution in [0.3, 0.4) is 0 Å². The van der Waals surface area contributed by atoms with Crippen LogP contribution in [-0.2, 0) is 0 Å². The van der Waals surface area contributed by atoms with E-state index in [1.54, 1.807) is 0 Å². The maximum absolute atomic E-state index is 2.78. The minimum atomic E-state index is 0.867. The summed E-state index contributed by atoms with van der Waals surface area (Å²) in [6.45, 7) is 11.8. The van der Waals surface area contributed by atoms with Gasteiger partial charge in [-0.05, 0) is 70.7 Å². The van der Waals surface area contributed by atoms with E-state index in [1.165, 1.54) is 71.5 Å². The third-order valence-electron chi connectivity index (χ3n) is 5.59. The van der Waals surface area contributed by atoms with Gasteiger partial charge in [0.1, 0.15) is 0 Å². The first-order chi connectivity index (χ1) is 9.20. The van der Waals surface area contributed by atoms with Crippen LogP contribution < -0.4 is 0 Å². The quantitative estimate of drug-likeness (QED) is 0.770. The van der Waals surface area contributed by atoms with E-state index < -0.39 is 0 Å². The highest BCUT2D eigenvalue weighted by molar-refractivity contribution is 4.87. The van der Waals surface area contributed by atoms with Gasteiger partial charge in [-0.25, -0.2) is 0 Å². The van der Waals surface area contributed by atoms with Gasteiger partial charge in [0, 0.05) is 25.7 Å². The van der Waals surface area contributed by atoms with Crippen LogP contribution in [0.2, 0.25) is 0 Å². The van der Waals surface area contributed by atoms with Crippen LogP contribution in [0.25, 0.3) is 0 Å². The molecule has 3 aliphatic rings. The molecule has 3 aliphatic heterocycles. The fraction of sp³-hybridized carbons (Fsp3) is 1.00. The number of piperidine rings is 1. The maximum atomic E-state index is 2.78. The second-order valence-electron chi connectivity index (χ2n) is 7.34. The molecular weight excluding hydrogens is 234 g/mol. The van der Waals surface area contributed by atoms with Crippen molar-refractivity contribution in [1.82, 2.24) is 14.7 Å². The van der Waals surface area contributed by atoms with Gasteiger partial charge in [0.15, 0.2) is 0 Å². The minimum absolute atomic E-state index is 0.867. The van der Waals surface area contributed by atoms with E-state index in [4.69, 9.17) is 0 Å². The third kappa shape index (κ3) is 3.50. The highest BCUT2D eigenvalue weighted by Gasteiger charge is 2.31. The Kier molecular flexibility index (Phi) is 4.45. The van der Waals surface area contributed by atoms with Gasteiger partial charge in [-0.15, -0.1) is 0 Å². The Morgan fingerprint density at radius 3 is 2.37 bits per heavy atom. The molecule has 3 saturated heterocycles. The molecule has 19 heavy (non-hydrogen) atoms. The first-order valence-corrected chi connectivity index (χ1v) is 8.35. The minimum Gasteiger partial charge on any atom is -0.306 e. The van der Waals surface area contributed by atoms with E-state index in [1.807, 2.05) is 0 Å². The topological polar surface area (TPSA) is 9.72 Å². The SMILES string of the molecule is CC1CCN(C2CCN(CC3CCN(C)C3)C2)CC1. The molecule has 0 aromatic carbocycles. The van der Waals surface area contributed by atoms with Crippen LogP contribution in [0.15, 0.2) is 0 Å². The van der Waals surface area contributed by atoms with Crippen molar-refractivity contribution in [1.29, 1.82) is 0 Å². The number of likely N-dealkylation sites (tertiary alicyclic amines) is 3. The van der Waals surface area contributed by atoms with Crippen LogP contribution in [-0.4, -0.2) is 73.6 Å². The zero-order valence-electron chi connectivity index (χ0n) is 12.9. The average molecular weight is 265 g/mol. The molecule has 3 heteroatoms. The lowest BCUT2D eigenvalue weighted by molar-refractivity contribution is 0.136. The Hall–Kier alpha value is -0.120. The summed E-state index contributed by atoms with van der Waals surface area (Å²) in [6.07, 6.45) is 5.67. The fourth-order valence-corrected chi connectivity index (χ4v) is 4.21. The van der Waals surface area contributed by atoms with Crippen molar-refractivity contribution >= 4 is 0 Å². The predicted octanol–water partition coefficient (Wildman–Crippen LogP) is 1.74. The molecule has 0 aliphatic carbocycles. The Balaban J connectivity index is 1.42. The molecule has 0 aromatic heterocycles. The second-order valence-corrected chi connectivity index (χ2v) is 7.34. The molecule has 3 rings (SSSR count). The van der Waals surface area contributed by atoms with Crippen molar-refractivity contribution in [2.24, 2.45) is 11.8 Å². The molecule has 0 saturated carbocycles. The second kappa shape index (κ2) is 6.11. The Morgan fingerprint density at radius 2 is 1.68 bits per heavy atom. The molecule has 0 amide bonds. The van der Waals surface area contributed by atoms with Gasteiger partial charge >= 0.3 is 0 Å². The molecule has 110 valence electrons. The van der Waals surface area contributed by atoms with E-state index in [-0.39, 0.29) is 0 Å². The zero-order chi connectivity index (χ0) is 13.2. The van der Waals surface area contributed by atoms with E-state index in [0.29, 0.717) is 0 Å². The van der Waals surface area contributed by atoms with Gasteiger partial charge in [-0.3, -0.25) is 4.90 Å². The summed E-state index contributed by atoms with van der Waals surface area (Å²) in [5, 5.41) is 0. The molecule has 2 atom stereocenters. The lowest BCUT2D eigenvalue weighted by atomic mass is 9.98. The molecule has 3 fully saturated rings. The van der Waals surface area contributed by atoms with Gasteiger partial charge in [-0.1, -0.05) is 6.92 Å². The van der Waals surface area contributed by atoms with Crippen LogP contribution in [0, 0.1) is 11.8 Å². The van der Waals surface area contributed by atoms with E-state index in [0.717, 1.165) is 17.9 Å². The smallest absolute Gasteiger partial charge is 0.0235 e. The summed E-state index contributed by atoms with van der Waals surface area (Å²) in [7, 11) is 2.27. The van der Waals surface area contributed by atoms with E-state index in [2.05, 4.69) is 28.7 Å². The van der Waals surface area contributed by atoms with Crippen LogP contribution in [0.1, 0.15) is 32.6 Å². The Bertz CT molecular complexity index is 286. The largest absolute Gasteiger partial charge is 0.306 e. The van der Waals surface area contributed by atoms with Crippen molar-refractivity contribution in [2.45, 2.75) is 38.6 Å². The van der Waals surface area contributed by atoms with Crippen molar-refractivity contribution < 1.29 is 0 Å². The lowest BCUT2D eigenvalue weighted by Gasteiger charge is -2.35. The van der Waals surface area contributed by atoms with Gasteiger partial charge in [0.05, 0.1) is 0 Å². The molecule has 0 bridgehead atoms. The summed E-state index contributed by atoms with van der Waals surface area (Å²) < 4.78 is 0. The van der Waals surface area contributed by atoms with Gasteiger partial charge in [0.25, 0.3) is 0 Å². The van der Waals surface area contributed by atoms with Gasteiger partial charge in [0.2, 0.25) is 0 Å². The highest BCUT2D eigenvalue weighted by Crippen LogP contribution is 2.24. The molecule has 3 heterocycles. The summed E-state index contributed by atoms with van der Waals surface area (Å²) in [5.41, 5.74) is 0. The monoisotopic (exact) mass is 265 g/mol. The molecular formula is C16H31N3. The van der Waals surface area contributed by atoms with Gasteiger partial charge in [-0.2, -0.15) is 0 Å². The summed E-state index contributed by atoms with van der Waals surface area (Å²) in [6, 6.07) is 0.867. The van der Waals surface area contributed by atoms with E-state index >= 15 is 0 Å². The van der Waals surface area contributed by atoms with Crippen LogP contribution in [0.4, 0.5) is 0 Å². The van der Waals surface area contributed by atoms with Crippen molar-refractivity contribution in [3.63, 3.8) is 0 Å². The molecule has 0 radical (unpaired) electrons. The van der Waals surface area contributed by atoms with Crippen molar-refractivity contribution in [2.75, 3.05) is 52.9 Å².